The minimum atomic E-state index is 0.791. The van der Waals surface area contributed by atoms with E-state index in [0.29, 0.717) is 0 Å². The molecule has 20 heavy (non-hydrogen) atoms. The van der Waals surface area contributed by atoms with Crippen molar-refractivity contribution in [2.45, 2.75) is 13.3 Å². The first-order chi connectivity index (χ1) is 9.83. The van der Waals surface area contributed by atoms with Crippen molar-refractivity contribution in [1.82, 2.24) is 15.0 Å². The van der Waals surface area contributed by atoms with Gasteiger partial charge in [0.15, 0.2) is 5.82 Å². The molecule has 104 valence electrons. The Bertz CT molecular complexity index is 565. The molecule has 2 aromatic heterocycles. The number of thioether (sulfide) groups is 1. The first kappa shape index (κ1) is 13.4. The monoisotopic (exact) mass is 286 g/mol. The molecular weight excluding hydrogens is 268 g/mol. The van der Waals surface area contributed by atoms with Gasteiger partial charge in [-0.3, -0.25) is 4.98 Å². The van der Waals surface area contributed by atoms with Gasteiger partial charge >= 0.3 is 0 Å². The molecule has 5 heteroatoms. The largest absolute Gasteiger partial charge is 0.356 e. The lowest BCUT2D eigenvalue weighted by Gasteiger charge is -2.21. The van der Waals surface area contributed by atoms with Crippen LogP contribution >= 0.6 is 11.8 Å². The Balaban J connectivity index is 1.94. The second-order valence-corrected chi connectivity index (χ2v) is 6.10. The molecule has 0 unspecified atom stereocenters. The van der Waals surface area contributed by atoms with Crippen molar-refractivity contribution in [1.29, 1.82) is 0 Å². The number of anilines is 1. The Morgan fingerprint density at radius 1 is 1.10 bits per heavy atom. The third-order valence-electron chi connectivity index (χ3n) is 3.33. The predicted molar refractivity (Wildman–Crippen MR) is 84.2 cm³/mol. The van der Waals surface area contributed by atoms with Crippen LogP contribution in [0.2, 0.25) is 0 Å². The highest BCUT2D eigenvalue weighted by atomic mass is 32.2. The molecule has 0 saturated carbocycles. The standard InChI is InChI=1S/C15H18N4S/c1-12-11-14(19-7-2-9-20-10-8-19)18-15(17-12)13-3-5-16-6-4-13/h3-6,11H,2,7-10H2,1H3. The summed E-state index contributed by atoms with van der Waals surface area (Å²) in [7, 11) is 0. The van der Waals surface area contributed by atoms with E-state index in [1.165, 1.54) is 17.9 Å². The number of aromatic nitrogens is 3. The van der Waals surface area contributed by atoms with Crippen LogP contribution in [0.5, 0.6) is 0 Å². The molecule has 0 aromatic carbocycles. The van der Waals surface area contributed by atoms with Gasteiger partial charge in [0.05, 0.1) is 0 Å². The van der Waals surface area contributed by atoms with Crippen LogP contribution in [0.1, 0.15) is 12.1 Å². The summed E-state index contributed by atoms with van der Waals surface area (Å²) in [6.45, 7) is 4.18. The number of hydrogen-bond donors (Lipinski definition) is 0. The van der Waals surface area contributed by atoms with Crippen LogP contribution in [0.15, 0.2) is 30.6 Å². The summed E-state index contributed by atoms with van der Waals surface area (Å²) in [6.07, 6.45) is 4.78. The Kier molecular flexibility index (Phi) is 4.16. The highest BCUT2D eigenvalue weighted by molar-refractivity contribution is 7.99. The molecule has 0 N–H and O–H groups in total. The third-order valence-corrected chi connectivity index (χ3v) is 4.37. The zero-order valence-corrected chi connectivity index (χ0v) is 12.4. The van der Waals surface area contributed by atoms with Crippen LogP contribution in [0.4, 0.5) is 5.82 Å². The minimum absolute atomic E-state index is 0.791. The molecule has 2 aromatic rings. The lowest BCUT2D eigenvalue weighted by Crippen LogP contribution is -2.26. The molecule has 0 aliphatic carbocycles. The molecule has 1 saturated heterocycles. The second-order valence-electron chi connectivity index (χ2n) is 4.88. The molecular formula is C15H18N4S. The Morgan fingerprint density at radius 3 is 2.80 bits per heavy atom. The van der Waals surface area contributed by atoms with Gasteiger partial charge in [-0.05, 0) is 31.2 Å². The van der Waals surface area contributed by atoms with Gasteiger partial charge in [-0.25, -0.2) is 9.97 Å². The molecule has 0 atom stereocenters. The maximum Gasteiger partial charge on any atom is 0.161 e. The van der Waals surface area contributed by atoms with Crippen LogP contribution in [0.25, 0.3) is 11.4 Å². The van der Waals surface area contributed by atoms with E-state index in [-0.39, 0.29) is 0 Å². The molecule has 1 aliphatic heterocycles. The molecule has 1 aliphatic rings. The fourth-order valence-electron chi connectivity index (χ4n) is 2.32. The molecule has 4 nitrogen and oxygen atoms in total. The van der Waals surface area contributed by atoms with Crippen molar-refractivity contribution >= 4 is 17.6 Å². The molecule has 0 radical (unpaired) electrons. The summed E-state index contributed by atoms with van der Waals surface area (Å²) < 4.78 is 0. The summed E-state index contributed by atoms with van der Waals surface area (Å²) in [5.74, 6) is 4.26. The van der Waals surface area contributed by atoms with Crippen LogP contribution in [0, 0.1) is 6.92 Å². The van der Waals surface area contributed by atoms with Crippen molar-refractivity contribution in [2.24, 2.45) is 0 Å². The zero-order chi connectivity index (χ0) is 13.8. The van der Waals surface area contributed by atoms with E-state index < -0.39 is 0 Å². The van der Waals surface area contributed by atoms with Crippen molar-refractivity contribution < 1.29 is 0 Å². The topological polar surface area (TPSA) is 41.9 Å². The highest BCUT2D eigenvalue weighted by Gasteiger charge is 2.13. The third kappa shape index (κ3) is 3.10. The zero-order valence-electron chi connectivity index (χ0n) is 11.6. The number of aryl methyl sites for hydroxylation is 1. The van der Waals surface area contributed by atoms with Crippen molar-refractivity contribution in [2.75, 3.05) is 29.5 Å². The van der Waals surface area contributed by atoms with Gasteiger partial charge in [0.2, 0.25) is 0 Å². The average molecular weight is 286 g/mol. The summed E-state index contributed by atoms with van der Waals surface area (Å²) in [6, 6.07) is 5.99. The van der Waals surface area contributed by atoms with Gasteiger partial charge in [-0.1, -0.05) is 0 Å². The van der Waals surface area contributed by atoms with Crippen molar-refractivity contribution in [3.8, 4) is 11.4 Å². The maximum absolute atomic E-state index is 4.75. The molecule has 1 fully saturated rings. The summed E-state index contributed by atoms with van der Waals surface area (Å²) in [5, 5.41) is 0. The summed E-state index contributed by atoms with van der Waals surface area (Å²) in [5.41, 5.74) is 2.04. The van der Waals surface area contributed by atoms with Crippen LogP contribution < -0.4 is 4.90 Å². The molecule has 3 heterocycles. The van der Waals surface area contributed by atoms with Gasteiger partial charge < -0.3 is 4.90 Å². The Morgan fingerprint density at radius 2 is 1.95 bits per heavy atom. The van der Waals surface area contributed by atoms with E-state index in [1.807, 2.05) is 30.8 Å². The van der Waals surface area contributed by atoms with Crippen molar-refractivity contribution in [3.63, 3.8) is 0 Å². The van der Waals surface area contributed by atoms with Crippen molar-refractivity contribution in [3.05, 3.63) is 36.3 Å². The summed E-state index contributed by atoms with van der Waals surface area (Å²) >= 11 is 2.03. The van der Waals surface area contributed by atoms with Crippen LogP contribution in [0.3, 0.4) is 0 Å². The van der Waals surface area contributed by atoms with Gasteiger partial charge in [0.1, 0.15) is 5.82 Å². The maximum atomic E-state index is 4.75. The molecule has 3 rings (SSSR count). The number of nitrogens with zero attached hydrogens (tertiary/aromatic N) is 4. The first-order valence-electron chi connectivity index (χ1n) is 6.92. The van der Waals surface area contributed by atoms with E-state index in [1.54, 1.807) is 12.4 Å². The SMILES string of the molecule is Cc1cc(N2CCCSCC2)nc(-c2ccncc2)n1. The van der Waals surface area contributed by atoms with Gasteiger partial charge in [-0.2, -0.15) is 11.8 Å². The number of rotatable bonds is 2. The van der Waals surface area contributed by atoms with E-state index in [4.69, 9.17) is 4.98 Å². The van der Waals surface area contributed by atoms with Crippen LogP contribution in [-0.2, 0) is 0 Å². The quantitative estimate of drug-likeness (QED) is 0.849. The molecule has 0 bridgehead atoms. The lowest BCUT2D eigenvalue weighted by atomic mass is 10.2. The van der Waals surface area contributed by atoms with E-state index in [9.17, 15) is 0 Å². The van der Waals surface area contributed by atoms with Gasteiger partial charge in [-0.15, -0.1) is 0 Å². The normalized spacial score (nSPS) is 15.9. The van der Waals surface area contributed by atoms with Crippen LogP contribution in [-0.4, -0.2) is 39.5 Å². The fraction of sp³-hybridized carbons (Fsp3) is 0.400. The lowest BCUT2D eigenvalue weighted by molar-refractivity contribution is 0.798. The smallest absolute Gasteiger partial charge is 0.161 e. The Hall–Kier alpha value is -1.62. The van der Waals surface area contributed by atoms with Gasteiger partial charge in [0.25, 0.3) is 0 Å². The Labute approximate surface area is 123 Å². The minimum Gasteiger partial charge on any atom is -0.356 e. The fourth-order valence-corrected chi connectivity index (χ4v) is 3.21. The molecule has 0 spiro atoms. The van der Waals surface area contributed by atoms with E-state index in [0.717, 1.165) is 36.0 Å². The first-order valence-corrected chi connectivity index (χ1v) is 8.07. The number of pyridine rings is 1. The second kappa shape index (κ2) is 6.22. The average Bonchev–Trinajstić information content (AvgIpc) is 2.77. The van der Waals surface area contributed by atoms with E-state index in [2.05, 4.69) is 20.9 Å². The summed E-state index contributed by atoms with van der Waals surface area (Å²) in [4.78, 5) is 15.7. The molecule has 0 amide bonds. The number of hydrogen-bond acceptors (Lipinski definition) is 5. The van der Waals surface area contributed by atoms with Gasteiger partial charge in [0, 0.05) is 48.6 Å². The highest BCUT2D eigenvalue weighted by Crippen LogP contribution is 2.21. The van der Waals surface area contributed by atoms with E-state index >= 15 is 0 Å². The predicted octanol–water partition coefficient (Wildman–Crippen LogP) is 2.79.